The third-order valence-electron chi connectivity index (χ3n) is 8.79. The van der Waals surface area contributed by atoms with Crippen LogP contribution in [0.5, 0.6) is 0 Å². The van der Waals surface area contributed by atoms with Crippen LogP contribution in [0.15, 0.2) is 97.6 Å². The van der Waals surface area contributed by atoms with Gasteiger partial charge in [-0.25, -0.2) is 0 Å². The summed E-state index contributed by atoms with van der Waals surface area (Å²) >= 11 is 0. The summed E-state index contributed by atoms with van der Waals surface area (Å²) in [6, 6.07) is 21.4. The summed E-state index contributed by atoms with van der Waals surface area (Å²) in [5.74, 6) is -0.467. The van der Waals surface area contributed by atoms with Crippen molar-refractivity contribution in [2.45, 2.75) is 50.6 Å². The highest BCUT2D eigenvalue weighted by molar-refractivity contribution is 5.98. The second kappa shape index (κ2) is 15.3. The van der Waals surface area contributed by atoms with Crippen LogP contribution in [-0.2, 0) is 32.0 Å². The van der Waals surface area contributed by atoms with E-state index in [0.717, 1.165) is 35.1 Å². The predicted molar refractivity (Wildman–Crippen MR) is 184 cm³/mol. The standard InChI is InChI=1S/C38H38N6O4/c45-35(25-29-15-19-39-20-16-29)43-23-1-3-33(43)37(47)41-31-11-7-27(8-12-31)5-6-28-9-13-32(14-10-28)42-38(48)34-4-2-24-44(34)36(46)26-30-17-21-40-22-18-30/h5-22,33-34H,1-4,23-26H2,(H,41,47)(H,42,48)/t33-,34-/m0/s1. The van der Waals surface area contributed by atoms with Gasteiger partial charge in [0.05, 0.1) is 12.8 Å². The Hall–Kier alpha value is -5.64. The lowest BCUT2D eigenvalue weighted by molar-refractivity contribution is -0.136. The molecule has 10 nitrogen and oxygen atoms in total. The van der Waals surface area contributed by atoms with Gasteiger partial charge in [0.2, 0.25) is 23.6 Å². The zero-order chi connectivity index (χ0) is 33.3. The Balaban J connectivity index is 0.985. The summed E-state index contributed by atoms with van der Waals surface area (Å²) in [7, 11) is 0. The fourth-order valence-electron chi connectivity index (χ4n) is 6.23. The first-order chi connectivity index (χ1) is 23.4. The van der Waals surface area contributed by atoms with Gasteiger partial charge in [-0.15, -0.1) is 0 Å². The van der Waals surface area contributed by atoms with Gasteiger partial charge in [-0.2, -0.15) is 0 Å². The molecule has 0 bridgehead atoms. The van der Waals surface area contributed by atoms with E-state index in [1.54, 1.807) is 34.6 Å². The van der Waals surface area contributed by atoms with E-state index in [2.05, 4.69) is 20.6 Å². The van der Waals surface area contributed by atoms with Crippen molar-refractivity contribution in [1.29, 1.82) is 0 Å². The zero-order valence-electron chi connectivity index (χ0n) is 26.6. The van der Waals surface area contributed by atoms with Crippen molar-refractivity contribution in [2.75, 3.05) is 23.7 Å². The summed E-state index contributed by atoms with van der Waals surface area (Å²) in [5.41, 5.74) is 5.02. The minimum absolute atomic E-state index is 0.0560. The van der Waals surface area contributed by atoms with Gasteiger partial charge in [-0.3, -0.25) is 29.1 Å². The topological polar surface area (TPSA) is 125 Å². The average Bonchev–Trinajstić information content (AvgIpc) is 3.81. The Morgan fingerprint density at radius 2 is 0.958 bits per heavy atom. The van der Waals surface area contributed by atoms with Crippen molar-refractivity contribution in [2.24, 2.45) is 0 Å². The van der Waals surface area contributed by atoms with Crippen molar-refractivity contribution in [3.63, 3.8) is 0 Å². The van der Waals surface area contributed by atoms with Gasteiger partial charge >= 0.3 is 0 Å². The summed E-state index contributed by atoms with van der Waals surface area (Å²) in [6.07, 6.45) is 14.0. The number of hydrogen-bond acceptors (Lipinski definition) is 6. The first-order valence-electron chi connectivity index (χ1n) is 16.3. The number of pyridine rings is 2. The van der Waals surface area contributed by atoms with Gasteiger partial charge in [0.25, 0.3) is 0 Å². The molecule has 0 aliphatic carbocycles. The smallest absolute Gasteiger partial charge is 0.247 e. The van der Waals surface area contributed by atoms with Crippen LogP contribution in [0.2, 0.25) is 0 Å². The molecule has 4 aromatic rings. The third kappa shape index (κ3) is 8.19. The molecule has 4 heterocycles. The lowest BCUT2D eigenvalue weighted by Crippen LogP contribution is -2.43. The molecule has 2 aliphatic heterocycles. The van der Waals surface area contributed by atoms with E-state index in [-0.39, 0.29) is 36.5 Å². The number of likely N-dealkylation sites (tertiary alicyclic amines) is 2. The molecule has 2 N–H and O–H groups in total. The van der Waals surface area contributed by atoms with Gasteiger partial charge in [0, 0.05) is 49.3 Å². The highest BCUT2D eigenvalue weighted by atomic mass is 16.2. The van der Waals surface area contributed by atoms with Crippen LogP contribution in [0.1, 0.15) is 47.9 Å². The minimum atomic E-state index is -0.483. The quantitative estimate of drug-likeness (QED) is 0.235. The van der Waals surface area contributed by atoms with Gasteiger partial charge in [0.1, 0.15) is 12.1 Å². The number of benzene rings is 2. The van der Waals surface area contributed by atoms with Crippen LogP contribution >= 0.6 is 0 Å². The van der Waals surface area contributed by atoms with E-state index in [0.29, 0.717) is 37.3 Å². The van der Waals surface area contributed by atoms with Crippen LogP contribution in [-0.4, -0.2) is 68.6 Å². The van der Waals surface area contributed by atoms with E-state index >= 15 is 0 Å². The number of nitrogens with zero attached hydrogens (tertiary/aromatic N) is 4. The number of nitrogens with one attached hydrogen (secondary N) is 2. The first kappa shape index (κ1) is 32.3. The summed E-state index contributed by atoms with van der Waals surface area (Å²) in [5, 5.41) is 5.94. The molecule has 48 heavy (non-hydrogen) atoms. The normalized spacial score (nSPS) is 17.4. The first-order valence-corrected chi connectivity index (χ1v) is 16.3. The van der Waals surface area contributed by atoms with Crippen molar-refractivity contribution >= 4 is 47.2 Å². The van der Waals surface area contributed by atoms with Crippen molar-refractivity contribution in [1.82, 2.24) is 19.8 Å². The largest absolute Gasteiger partial charge is 0.330 e. The number of carbonyl (C=O) groups is 4. The second-order valence-electron chi connectivity index (χ2n) is 12.1. The van der Waals surface area contributed by atoms with Crippen molar-refractivity contribution in [3.05, 3.63) is 120 Å². The number of rotatable bonds is 10. The minimum Gasteiger partial charge on any atom is -0.330 e. The molecule has 4 amide bonds. The molecule has 2 aromatic carbocycles. The molecular weight excluding hydrogens is 604 g/mol. The highest BCUT2D eigenvalue weighted by Crippen LogP contribution is 2.23. The van der Waals surface area contributed by atoms with Gasteiger partial charge < -0.3 is 20.4 Å². The van der Waals surface area contributed by atoms with Gasteiger partial charge in [0.15, 0.2) is 0 Å². The van der Waals surface area contributed by atoms with Gasteiger partial charge in [-0.1, -0.05) is 36.4 Å². The monoisotopic (exact) mass is 642 g/mol. The Kier molecular flexibility index (Phi) is 10.3. The maximum absolute atomic E-state index is 13.1. The summed E-state index contributed by atoms with van der Waals surface area (Å²) in [6.45, 7) is 1.15. The SMILES string of the molecule is O=C(Nc1ccc(C=Cc2ccc(NC(=O)[C@@H]3CCCN3C(=O)Cc3ccncc3)cc2)cc1)[C@@H]1CCCN1C(=O)Cc1ccncc1. The van der Waals surface area contributed by atoms with Crippen molar-refractivity contribution < 1.29 is 19.2 Å². The molecule has 10 heteroatoms. The number of anilines is 2. The number of amides is 4. The average molecular weight is 643 g/mol. The van der Waals surface area contributed by atoms with Crippen molar-refractivity contribution in [3.8, 4) is 0 Å². The van der Waals surface area contributed by atoms with Crippen LogP contribution in [0.3, 0.4) is 0 Å². The maximum Gasteiger partial charge on any atom is 0.247 e. The fraction of sp³-hybridized carbons (Fsp3) is 0.263. The van der Waals surface area contributed by atoms with Crippen LogP contribution < -0.4 is 10.6 Å². The van der Waals surface area contributed by atoms with Crippen LogP contribution in [0.4, 0.5) is 11.4 Å². The van der Waals surface area contributed by atoms with E-state index in [1.165, 1.54) is 0 Å². The predicted octanol–water partition coefficient (Wildman–Crippen LogP) is 4.99. The molecule has 0 saturated carbocycles. The Morgan fingerprint density at radius 3 is 1.33 bits per heavy atom. The molecule has 244 valence electrons. The Bertz CT molecular complexity index is 1630. The van der Waals surface area contributed by atoms with E-state index < -0.39 is 12.1 Å². The summed E-state index contributed by atoms with van der Waals surface area (Å²) < 4.78 is 0. The molecule has 0 spiro atoms. The fourth-order valence-corrected chi connectivity index (χ4v) is 6.23. The third-order valence-corrected chi connectivity index (χ3v) is 8.79. The number of carbonyl (C=O) groups excluding carboxylic acids is 4. The molecule has 2 saturated heterocycles. The maximum atomic E-state index is 13.1. The molecule has 2 aromatic heterocycles. The highest BCUT2D eigenvalue weighted by Gasteiger charge is 2.35. The van der Waals surface area contributed by atoms with Gasteiger partial charge in [-0.05, 0) is 96.5 Å². The van der Waals surface area contributed by atoms with E-state index in [1.807, 2.05) is 84.9 Å². The molecule has 2 fully saturated rings. The number of hydrogen-bond donors (Lipinski definition) is 2. The number of aromatic nitrogens is 2. The Morgan fingerprint density at radius 1 is 0.583 bits per heavy atom. The second-order valence-corrected chi connectivity index (χ2v) is 12.1. The lowest BCUT2D eigenvalue weighted by atomic mass is 10.1. The van der Waals surface area contributed by atoms with E-state index in [4.69, 9.17) is 0 Å². The molecule has 0 radical (unpaired) electrons. The molecule has 6 rings (SSSR count). The Labute approximate surface area is 279 Å². The van der Waals surface area contributed by atoms with Crippen LogP contribution in [0, 0.1) is 0 Å². The summed E-state index contributed by atoms with van der Waals surface area (Å²) in [4.78, 5) is 63.3. The van der Waals surface area contributed by atoms with Crippen LogP contribution in [0.25, 0.3) is 12.2 Å². The zero-order valence-corrected chi connectivity index (χ0v) is 26.6. The lowest BCUT2D eigenvalue weighted by Gasteiger charge is -2.24. The molecule has 2 atom stereocenters. The molecule has 0 unspecified atom stereocenters. The molecule has 2 aliphatic rings. The molecular formula is C38H38N6O4. The van der Waals surface area contributed by atoms with E-state index in [9.17, 15) is 19.2 Å².